The Morgan fingerprint density at radius 1 is 1.46 bits per heavy atom. The molecule has 0 atom stereocenters. The molecule has 2 nitrogen and oxygen atoms in total. The summed E-state index contributed by atoms with van der Waals surface area (Å²) in [4.78, 5) is 3.03. The number of nitrogens with zero attached hydrogens (tertiary/aromatic N) is 1. The van der Waals surface area contributed by atoms with Gasteiger partial charge in [0.15, 0.2) is 0 Å². The molecule has 0 aliphatic carbocycles. The Morgan fingerprint density at radius 3 is 2.62 bits per heavy atom. The lowest BCUT2D eigenvalue weighted by atomic mass is 10.3. The first kappa shape index (κ1) is 13.2. The van der Waals surface area contributed by atoms with Gasteiger partial charge >= 0.3 is 0 Å². The van der Waals surface area contributed by atoms with Crippen LogP contribution in [0, 0.1) is 0 Å². The van der Waals surface area contributed by atoms with Gasteiger partial charge in [0.05, 0.1) is 4.99 Å². The third-order valence-electron chi connectivity index (χ3n) is 1.94. The fourth-order valence-electron chi connectivity index (χ4n) is 1.13. The van der Waals surface area contributed by atoms with Crippen LogP contribution in [0.4, 0.5) is 0 Å². The maximum absolute atomic E-state index is 5.45. The minimum absolute atomic E-state index is 0.628. The van der Waals surface area contributed by atoms with Gasteiger partial charge in [-0.3, -0.25) is 0 Å². The highest BCUT2D eigenvalue weighted by Gasteiger charge is 2.01. The lowest BCUT2D eigenvalue weighted by Gasteiger charge is -2.19. The quantitative estimate of drug-likeness (QED) is 0.498. The van der Waals surface area contributed by atoms with Gasteiger partial charge in [-0.25, -0.2) is 0 Å². The molecular formula is C9H20N2S2. The van der Waals surface area contributed by atoms with Crippen molar-refractivity contribution >= 4 is 29.0 Å². The van der Waals surface area contributed by atoms with Crippen molar-refractivity contribution in [2.75, 3.05) is 31.6 Å². The fraction of sp³-hybridized carbons (Fsp3) is 0.889. The van der Waals surface area contributed by atoms with Crippen LogP contribution in [-0.4, -0.2) is 41.5 Å². The van der Waals surface area contributed by atoms with E-state index >= 15 is 0 Å². The van der Waals surface area contributed by atoms with Gasteiger partial charge in [-0.15, -0.1) is 0 Å². The van der Waals surface area contributed by atoms with E-state index in [9.17, 15) is 0 Å². The van der Waals surface area contributed by atoms with Gasteiger partial charge in [0.2, 0.25) is 0 Å². The number of hydrogen-bond donors (Lipinski definition) is 1. The largest absolute Gasteiger partial charge is 0.393 e. The van der Waals surface area contributed by atoms with Crippen LogP contribution in [0.15, 0.2) is 0 Å². The summed E-state index contributed by atoms with van der Waals surface area (Å²) in [6, 6.07) is 0. The highest BCUT2D eigenvalue weighted by molar-refractivity contribution is 7.98. The van der Waals surface area contributed by atoms with Crippen LogP contribution in [0.5, 0.6) is 0 Å². The van der Waals surface area contributed by atoms with Crippen molar-refractivity contribution in [3.63, 3.8) is 0 Å². The molecule has 0 aliphatic rings. The molecule has 0 rings (SSSR count). The number of thiocarbonyl (C=S) groups is 1. The summed E-state index contributed by atoms with van der Waals surface area (Å²) < 4.78 is 0. The highest BCUT2D eigenvalue weighted by Crippen LogP contribution is 1.99. The van der Waals surface area contributed by atoms with E-state index in [1.807, 2.05) is 11.8 Å². The molecule has 0 aromatic rings. The molecular weight excluding hydrogens is 200 g/mol. The summed E-state index contributed by atoms with van der Waals surface area (Å²) in [6.45, 7) is 5.45. The predicted molar refractivity (Wildman–Crippen MR) is 66.5 cm³/mol. The van der Waals surface area contributed by atoms with E-state index in [4.69, 9.17) is 18.0 Å². The standard InChI is InChI=1S/C9H20N2S2/c1-3-11(6-4-8-13-2)7-5-9(10)12/h3-8H2,1-2H3,(H2,10,12). The van der Waals surface area contributed by atoms with Crippen molar-refractivity contribution in [3.8, 4) is 0 Å². The van der Waals surface area contributed by atoms with Crippen LogP contribution in [0.3, 0.4) is 0 Å². The molecule has 4 heteroatoms. The topological polar surface area (TPSA) is 29.3 Å². The number of rotatable bonds is 8. The lowest BCUT2D eigenvalue weighted by Crippen LogP contribution is -2.28. The second kappa shape index (κ2) is 8.78. The summed E-state index contributed by atoms with van der Waals surface area (Å²) in [5.74, 6) is 1.24. The number of hydrogen-bond acceptors (Lipinski definition) is 3. The third-order valence-corrected chi connectivity index (χ3v) is 2.85. The lowest BCUT2D eigenvalue weighted by molar-refractivity contribution is 0.298. The molecule has 0 aromatic heterocycles. The normalized spacial score (nSPS) is 10.7. The predicted octanol–water partition coefficient (Wildman–Crippen LogP) is 1.74. The third kappa shape index (κ3) is 8.53. The molecule has 0 heterocycles. The first-order chi connectivity index (χ1) is 6.20. The smallest absolute Gasteiger partial charge is 0.0740 e. The van der Waals surface area contributed by atoms with Crippen LogP contribution < -0.4 is 5.73 Å². The van der Waals surface area contributed by atoms with E-state index in [0.29, 0.717) is 4.99 Å². The zero-order valence-corrected chi connectivity index (χ0v) is 10.2. The molecule has 0 amide bonds. The molecule has 0 saturated carbocycles. The van der Waals surface area contributed by atoms with E-state index in [1.165, 1.54) is 18.7 Å². The molecule has 0 saturated heterocycles. The summed E-state index contributed by atoms with van der Waals surface area (Å²) in [7, 11) is 0. The van der Waals surface area contributed by atoms with Crippen LogP contribution in [-0.2, 0) is 0 Å². The average molecular weight is 220 g/mol. The summed E-state index contributed by atoms with van der Waals surface area (Å²) >= 11 is 6.75. The summed E-state index contributed by atoms with van der Waals surface area (Å²) in [5, 5.41) is 0. The van der Waals surface area contributed by atoms with Gasteiger partial charge in [-0.2, -0.15) is 11.8 Å². The van der Waals surface area contributed by atoms with E-state index in [-0.39, 0.29) is 0 Å². The highest BCUT2D eigenvalue weighted by atomic mass is 32.2. The maximum Gasteiger partial charge on any atom is 0.0740 e. The van der Waals surface area contributed by atoms with Gasteiger partial charge < -0.3 is 10.6 Å². The van der Waals surface area contributed by atoms with Crippen LogP contribution in [0.1, 0.15) is 19.8 Å². The molecule has 0 unspecified atom stereocenters. The SMILES string of the molecule is CCN(CCCSC)CCC(N)=S. The Morgan fingerprint density at radius 2 is 2.15 bits per heavy atom. The molecule has 2 N–H and O–H groups in total. The van der Waals surface area contributed by atoms with Crippen molar-refractivity contribution in [3.05, 3.63) is 0 Å². The zero-order chi connectivity index (χ0) is 10.1. The van der Waals surface area contributed by atoms with Crippen molar-refractivity contribution < 1.29 is 0 Å². The average Bonchev–Trinajstić information content (AvgIpc) is 2.10. The minimum atomic E-state index is 0.628. The number of nitrogens with two attached hydrogens (primary N) is 1. The van der Waals surface area contributed by atoms with E-state index in [0.717, 1.165) is 19.5 Å². The van der Waals surface area contributed by atoms with Crippen molar-refractivity contribution in [1.29, 1.82) is 0 Å². The van der Waals surface area contributed by atoms with Crippen LogP contribution in [0.25, 0.3) is 0 Å². The Hall–Kier alpha value is 0.200. The van der Waals surface area contributed by atoms with Crippen LogP contribution >= 0.6 is 24.0 Å². The van der Waals surface area contributed by atoms with Crippen LogP contribution in [0.2, 0.25) is 0 Å². The summed E-state index contributed by atoms with van der Waals surface area (Å²) in [5.41, 5.74) is 5.45. The van der Waals surface area contributed by atoms with Crippen molar-refractivity contribution in [2.45, 2.75) is 19.8 Å². The first-order valence-corrected chi connectivity index (χ1v) is 6.50. The second-order valence-electron chi connectivity index (χ2n) is 3.00. The van der Waals surface area contributed by atoms with Crippen molar-refractivity contribution in [2.24, 2.45) is 5.73 Å². The molecule has 0 aliphatic heterocycles. The van der Waals surface area contributed by atoms with Gasteiger partial charge in [-0.05, 0) is 31.5 Å². The first-order valence-electron chi connectivity index (χ1n) is 4.70. The Balaban J connectivity index is 3.45. The van der Waals surface area contributed by atoms with Gasteiger partial charge in [0.1, 0.15) is 0 Å². The minimum Gasteiger partial charge on any atom is -0.393 e. The molecule has 0 spiro atoms. The molecule has 0 fully saturated rings. The van der Waals surface area contributed by atoms with Gasteiger partial charge in [0.25, 0.3) is 0 Å². The molecule has 0 bridgehead atoms. The monoisotopic (exact) mass is 220 g/mol. The van der Waals surface area contributed by atoms with Gasteiger partial charge in [-0.1, -0.05) is 19.1 Å². The fourth-order valence-corrected chi connectivity index (χ4v) is 1.64. The van der Waals surface area contributed by atoms with E-state index in [2.05, 4.69) is 18.1 Å². The number of thioether (sulfide) groups is 1. The Kier molecular flexibility index (Phi) is 8.92. The molecule has 0 aromatic carbocycles. The molecule has 13 heavy (non-hydrogen) atoms. The molecule has 78 valence electrons. The van der Waals surface area contributed by atoms with E-state index < -0.39 is 0 Å². The Bertz CT molecular complexity index is 140. The Labute approximate surface area is 91.2 Å². The summed E-state index contributed by atoms with van der Waals surface area (Å²) in [6.07, 6.45) is 4.25. The van der Waals surface area contributed by atoms with E-state index in [1.54, 1.807) is 0 Å². The molecule has 0 radical (unpaired) electrons. The zero-order valence-electron chi connectivity index (χ0n) is 8.58. The van der Waals surface area contributed by atoms with Gasteiger partial charge in [0, 0.05) is 13.0 Å². The second-order valence-corrected chi connectivity index (χ2v) is 4.51. The maximum atomic E-state index is 5.45. The van der Waals surface area contributed by atoms with Crippen molar-refractivity contribution in [1.82, 2.24) is 4.90 Å².